The van der Waals surface area contributed by atoms with Gasteiger partial charge in [-0.15, -0.1) is 0 Å². The van der Waals surface area contributed by atoms with E-state index in [4.69, 9.17) is 15.3 Å². The molecule has 1 unspecified atom stereocenters. The number of carbonyl (C=O) groups is 3. The van der Waals surface area contributed by atoms with Crippen LogP contribution in [0.4, 0.5) is 0 Å². The third-order valence-corrected chi connectivity index (χ3v) is 7.58. The summed E-state index contributed by atoms with van der Waals surface area (Å²) in [6.07, 6.45) is 17.3. The molecule has 0 spiro atoms. The van der Waals surface area contributed by atoms with Crippen molar-refractivity contribution in [1.82, 2.24) is 26.6 Å². The summed E-state index contributed by atoms with van der Waals surface area (Å²) in [5.74, 6) is -3.47. The first kappa shape index (κ1) is 41.2. The molecule has 0 saturated carbocycles. The highest BCUT2D eigenvalue weighted by Gasteiger charge is 2.20. The minimum Gasteiger partial charge on any atom is -0.481 e. The molecule has 0 aliphatic rings. The van der Waals surface area contributed by atoms with Gasteiger partial charge >= 0.3 is 17.9 Å². The number of carboxylic acid groups (broad SMARTS) is 3. The zero-order chi connectivity index (χ0) is 31.6. The molecule has 11 heteroatoms. The minimum absolute atomic E-state index is 0.281. The first-order valence-corrected chi connectivity index (χ1v) is 17.1. The summed E-state index contributed by atoms with van der Waals surface area (Å²) in [4.78, 5) is 32.2. The fourth-order valence-corrected chi connectivity index (χ4v) is 4.97. The number of rotatable bonds is 36. The van der Waals surface area contributed by atoms with Crippen LogP contribution < -0.4 is 26.6 Å². The van der Waals surface area contributed by atoms with Crippen LogP contribution in [-0.4, -0.2) is 98.7 Å². The smallest absolute Gasteiger partial charge is 0.307 e. The summed E-state index contributed by atoms with van der Waals surface area (Å²) < 4.78 is 0. The molecule has 0 radical (unpaired) electrons. The molecule has 0 saturated heterocycles. The minimum atomic E-state index is -1.04. The Morgan fingerprint density at radius 2 is 0.721 bits per heavy atom. The fourth-order valence-electron chi connectivity index (χ4n) is 4.97. The molecular formula is C32H65N5O6. The summed E-state index contributed by atoms with van der Waals surface area (Å²) in [7, 11) is 0. The molecule has 0 aromatic carbocycles. The van der Waals surface area contributed by atoms with Crippen LogP contribution in [0, 0.1) is 5.92 Å². The quantitative estimate of drug-likeness (QED) is 0.0482. The summed E-state index contributed by atoms with van der Waals surface area (Å²) in [5, 5.41) is 43.8. The van der Waals surface area contributed by atoms with Gasteiger partial charge in [-0.3, -0.25) is 14.4 Å². The van der Waals surface area contributed by atoms with Crippen LogP contribution in [0.25, 0.3) is 0 Å². The van der Waals surface area contributed by atoms with Crippen LogP contribution in [0.15, 0.2) is 0 Å². The fraction of sp³-hybridized carbons (Fsp3) is 0.906. The first-order valence-electron chi connectivity index (χ1n) is 17.1. The van der Waals surface area contributed by atoms with Gasteiger partial charge in [0.1, 0.15) is 0 Å². The molecule has 43 heavy (non-hydrogen) atoms. The first-order chi connectivity index (χ1) is 20.9. The van der Waals surface area contributed by atoms with E-state index in [2.05, 4.69) is 26.6 Å². The second-order valence-corrected chi connectivity index (χ2v) is 11.6. The van der Waals surface area contributed by atoms with Gasteiger partial charge < -0.3 is 41.9 Å². The van der Waals surface area contributed by atoms with Crippen molar-refractivity contribution in [2.24, 2.45) is 5.92 Å². The maximum absolute atomic E-state index is 11.1. The number of carboxylic acids is 3. The second-order valence-electron chi connectivity index (χ2n) is 11.6. The van der Waals surface area contributed by atoms with E-state index < -0.39 is 23.8 Å². The highest BCUT2D eigenvalue weighted by molar-refractivity contribution is 5.77. The van der Waals surface area contributed by atoms with Gasteiger partial charge in [-0.1, -0.05) is 77.0 Å². The van der Waals surface area contributed by atoms with Gasteiger partial charge in [0.15, 0.2) is 0 Å². The zero-order valence-electron chi connectivity index (χ0n) is 26.9. The molecule has 8 N–H and O–H groups in total. The third-order valence-electron chi connectivity index (χ3n) is 7.58. The van der Waals surface area contributed by atoms with Crippen molar-refractivity contribution in [3.8, 4) is 0 Å². The van der Waals surface area contributed by atoms with Gasteiger partial charge in [0.2, 0.25) is 0 Å². The monoisotopic (exact) mass is 615 g/mol. The molecule has 254 valence electrons. The normalized spacial score (nSPS) is 12.0. The molecule has 0 rings (SSSR count). The number of hydrogen-bond donors (Lipinski definition) is 8. The molecule has 0 fully saturated rings. The van der Waals surface area contributed by atoms with E-state index in [-0.39, 0.29) is 6.42 Å². The summed E-state index contributed by atoms with van der Waals surface area (Å²) >= 11 is 0. The number of hydrogen-bond acceptors (Lipinski definition) is 8. The van der Waals surface area contributed by atoms with Crippen LogP contribution in [0.5, 0.6) is 0 Å². The standard InChI is InChI=1S/C32H65N5O6/c38-30(39)17-13-9-5-1-2-6-10-14-18-33-20-22-35-24-26-37-27-25-36-23-21-34-19-15-11-7-3-4-8-12-16-29(32(42)43)28-31(40)41/h29,33-37H,1-28H2,(H,38,39)(H,40,41)(H,42,43). The molecule has 0 aliphatic carbocycles. The average molecular weight is 616 g/mol. The van der Waals surface area contributed by atoms with Crippen LogP contribution in [0.2, 0.25) is 0 Å². The maximum Gasteiger partial charge on any atom is 0.307 e. The van der Waals surface area contributed by atoms with E-state index in [0.717, 1.165) is 110 Å². The molecule has 0 heterocycles. The average Bonchev–Trinajstić information content (AvgIpc) is 2.96. The number of nitrogens with one attached hydrogen (secondary N) is 5. The highest BCUT2D eigenvalue weighted by atomic mass is 16.4. The van der Waals surface area contributed by atoms with Crippen LogP contribution in [-0.2, 0) is 14.4 Å². The maximum atomic E-state index is 11.1. The van der Waals surface area contributed by atoms with E-state index in [9.17, 15) is 14.4 Å². The van der Waals surface area contributed by atoms with Crippen LogP contribution in [0.3, 0.4) is 0 Å². The number of aliphatic carboxylic acids is 3. The van der Waals surface area contributed by atoms with E-state index in [1.54, 1.807) is 0 Å². The lowest BCUT2D eigenvalue weighted by Crippen LogP contribution is -2.36. The molecular weight excluding hydrogens is 550 g/mol. The van der Waals surface area contributed by atoms with Crippen molar-refractivity contribution in [1.29, 1.82) is 0 Å². The van der Waals surface area contributed by atoms with E-state index in [1.165, 1.54) is 51.4 Å². The molecule has 0 aromatic heterocycles. The lowest BCUT2D eigenvalue weighted by Gasteiger charge is -2.09. The molecule has 0 aliphatic heterocycles. The topological polar surface area (TPSA) is 172 Å². The van der Waals surface area contributed by atoms with Crippen molar-refractivity contribution in [3.63, 3.8) is 0 Å². The van der Waals surface area contributed by atoms with Gasteiger partial charge in [0, 0.05) is 58.8 Å². The lowest BCUT2D eigenvalue weighted by molar-refractivity contribution is -0.148. The predicted molar refractivity (Wildman–Crippen MR) is 174 cm³/mol. The Morgan fingerprint density at radius 1 is 0.395 bits per heavy atom. The van der Waals surface area contributed by atoms with E-state index >= 15 is 0 Å². The Kier molecular flexibility index (Phi) is 31.7. The van der Waals surface area contributed by atoms with E-state index in [1.807, 2.05) is 0 Å². The number of unbranched alkanes of at least 4 members (excludes halogenated alkanes) is 13. The summed E-state index contributed by atoms with van der Waals surface area (Å²) in [5.41, 5.74) is 0. The van der Waals surface area contributed by atoms with Gasteiger partial charge in [-0.25, -0.2) is 0 Å². The third kappa shape index (κ3) is 34.6. The Bertz CT molecular complexity index is 656. The van der Waals surface area contributed by atoms with Crippen molar-refractivity contribution < 1.29 is 29.7 Å². The van der Waals surface area contributed by atoms with Crippen molar-refractivity contribution in [2.75, 3.05) is 65.4 Å². The Labute approximate surface area is 261 Å². The van der Waals surface area contributed by atoms with Crippen molar-refractivity contribution in [3.05, 3.63) is 0 Å². The molecule has 0 aromatic rings. The van der Waals surface area contributed by atoms with Crippen LogP contribution >= 0.6 is 0 Å². The summed E-state index contributed by atoms with van der Waals surface area (Å²) in [6.45, 7) is 9.96. The lowest BCUT2D eigenvalue weighted by atomic mass is 9.97. The SMILES string of the molecule is O=C(O)CCCCCCCCCCNCCNCCNCCNCCNCCCCCCCCCC(CC(=O)O)C(=O)O. The van der Waals surface area contributed by atoms with Crippen LogP contribution in [0.1, 0.15) is 116 Å². The van der Waals surface area contributed by atoms with Gasteiger partial charge in [0.05, 0.1) is 12.3 Å². The summed E-state index contributed by atoms with van der Waals surface area (Å²) in [6, 6.07) is 0. The largest absolute Gasteiger partial charge is 0.481 e. The van der Waals surface area contributed by atoms with Crippen molar-refractivity contribution >= 4 is 17.9 Å². The highest BCUT2D eigenvalue weighted by Crippen LogP contribution is 2.16. The van der Waals surface area contributed by atoms with Gasteiger partial charge in [-0.05, 0) is 38.8 Å². The second kappa shape index (κ2) is 33.1. The Morgan fingerprint density at radius 3 is 1.07 bits per heavy atom. The predicted octanol–water partition coefficient (Wildman–Crippen LogP) is 3.83. The molecule has 0 bridgehead atoms. The Hall–Kier alpha value is -1.79. The van der Waals surface area contributed by atoms with Crippen molar-refractivity contribution in [2.45, 2.75) is 116 Å². The van der Waals surface area contributed by atoms with E-state index in [0.29, 0.717) is 12.8 Å². The Balaban J connectivity index is 3.15. The molecule has 1 atom stereocenters. The van der Waals surface area contributed by atoms with Gasteiger partial charge in [-0.2, -0.15) is 0 Å². The molecule has 11 nitrogen and oxygen atoms in total. The van der Waals surface area contributed by atoms with Gasteiger partial charge in [0.25, 0.3) is 0 Å². The zero-order valence-corrected chi connectivity index (χ0v) is 26.9. The molecule has 0 amide bonds.